The van der Waals surface area contributed by atoms with Crippen LogP contribution in [0, 0.1) is 5.92 Å². The molecule has 0 spiro atoms. The maximum Gasteiger partial charge on any atom is 0.449 e. The van der Waals surface area contributed by atoms with Crippen molar-refractivity contribution in [1.82, 2.24) is 20.2 Å². The molecule has 0 radical (unpaired) electrons. The van der Waals surface area contributed by atoms with Crippen molar-refractivity contribution in [2.75, 3.05) is 19.7 Å². The van der Waals surface area contributed by atoms with Gasteiger partial charge in [-0.3, -0.25) is 9.69 Å². The summed E-state index contributed by atoms with van der Waals surface area (Å²) in [4.78, 5) is 20.7. The van der Waals surface area contributed by atoms with Crippen molar-refractivity contribution < 1.29 is 22.7 Å². The van der Waals surface area contributed by atoms with Crippen LogP contribution in [-0.4, -0.2) is 58.7 Å². The van der Waals surface area contributed by atoms with E-state index in [4.69, 9.17) is 4.74 Å². The average molecular weight is 396 g/mol. The average Bonchev–Trinajstić information content (AvgIpc) is 3.23. The lowest BCUT2D eigenvalue weighted by Gasteiger charge is -2.36. The lowest BCUT2D eigenvalue weighted by molar-refractivity contribution is -0.144. The summed E-state index contributed by atoms with van der Waals surface area (Å²) in [5.41, 5.74) is 0.682. The number of amides is 1. The van der Waals surface area contributed by atoms with Gasteiger partial charge in [-0.25, -0.2) is 4.98 Å². The van der Waals surface area contributed by atoms with Crippen LogP contribution in [0.25, 0.3) is 11.0 Å². The van der Waals surface area contributed by atoms with E-state index in [0.29, 0.717) is 24.1 Å². The van der Waals surface area contributed by atoms with E-state index in [1.807, 2.05) is 0 Å². The number of aromatic amines is 1. The lowest BCUT2D eigenvalue weighted by Crippen LogP contribution is -2.48. The smallest absolute Gasteiger partial charge is 0.375 e. The molecule has 28 heavy (non-hydrogen) atoms. The quantitative estimate of drug-likeness (QED) is 0.837. The molecule has 3 heterocycles. The highest BCUT2D eigenvalue weighted by Crippen LogP contribution is 2.29. The van der Waals surface area contributed by atoms with Crippen molar-refractivity contribution in [3.05, 3.63) is 29.6 Å². The Morgan fingerprint density at radius 1 is 1.36 bits per heavy atom. The van der Waals surface area contributed by atoms with E-state index in [9.17, 15) is 18.0 Å². The van der Waals surface area contributed by atoms with E-state index in [1.54, 1.807) is 0 Å². The number of alkyl halides is 3. The number of fused-ring (bicyclic) bond motifs is 2. The second kappa shape index (κ2) is 7.04. The highest BCUT2D eigenvalue weighted by atomic mass is 19.4. The molecule has 1 aromatic carbocycles. The summed E-state index contributed by atoms with van der Waals surface area (Å²) < 4.78 is 44.3. The topological polar surface area (TPSA) is 70.2 Å². The first-order valence-electron chi connectivity index (χ1n) is 9.44. The van der Waals surface area contributed by atoms with Crippen LogP contribution in [0.4, 0.5) is 13.2 Å². The second-order valence-electron chi connectivity index (χ2n) is 7.94. The van der Waals surface area contributed by atoms with Crippen molar-refractivity contribution in [2.24, 2.45) is 5.92 Å². The number of morpholine rings is 1. The number of carbonyl (C=O) groups is 1. The zero-order valence-corrected chi connectivity index (χ0v) is 15.7. The molecule has 0 saturated carbocycles. The Hall–Kier alpha value is -2.13. The molecule has 0 bridgehead atoms. The normalized spacial score (nSPS) is 26.0. The summed E-state index contributed by atoms with van der Waals surface area (Å²) in [5.74, 6) is -0.916. The summed E-state index contributed by atoms with van der Waals surface area (Å²) in [7, 11) is 0. The van der Waals surface area contributed by atoms with E-state index in [1.165, 1.54) is 18.2 Å². The number of nitrogens with one attached hydrogen (secondary N) is 2. The summed E-state index contributed by atoms with van der Waals surface area (Å²) in [5, 5.41) is 3.00. The highest BCUT2D eigenvalue weighted by molar-refractivity contribution is 5.97. The molecule has 152 valence electrons. The van der Waals surface area contributed by atoms with E-state index in [0.717, 1.165) is 19.5 Å². The molecule has 3 atom stereocenters. The minimum Gasteiger partial charge on any atom is -0.375 e. The summed E-state index contributed by atoms with van der Waals surface area (Å²) in [6.45, 7) is 6.55. The van der Waals surface area contributed by atoms with Gasteiger partial charge in [0.2, 0.25) is 5.82 Å². The Balaban J connectivity index is 1.43. The highest BCUT2D eigenvalue weighted by Gasteiger charge is 2.39. The molecule has 2 fully saturated rings. The molecule has 6 nitrogen and oxygen atoms in total. The van der Waals surface area contributed by atoms with Gasteiger partial charge in [0.15, 0.2) is 0 Å². The maximum absolute atomic E-state index is 12.8. The van der Waals surface area contributed by atoms with Gasteiger partial charge in [0, 0.05) is 30.7 Å². The third-order valence-corrected chi connectivity index (χ3v) is 5.54. The molecular weight excluding hydrogens is 373 g/mol. The zero-order chi connectivity index (χ0) is 20.1. The molecule has 0 aliphatic carbocycles. The Morgan fingerprint density at radius 2 is 2.14 bits per heavy atom. The summed E-state index contributed by atoms with van der Waals surface area (Å²) in [6, 6.07) is 4.63. The number of halogens is 3. The summed E-state index contributed by atoms with van der Waals surface area (Å²) in [6.07, 6.45) is -3.54. The molecule has 2 aliphatic heterocycles. The number of hydrogen-bond donors (Lipinski definition) is 2. The molecule has 2 aromatic rings. The molecule has 1 amide bonds. The lowest BCUT2D eigenvalue weighted by atomic mass is 10.0. The first-order valence-corrected chi connectivity index (χ1v) is 9.44. The first kappa shape index (κ1) is 19.2. The number of aromatic nitrogens is 2. The minimum atomic E-state index is -4.55. The molecule has 2 N–H and O–H groups in total. The van der Waals surface area contributed by atoms with E-state index in [-0.39, 0.29) is 29.1 Å². The van der Waals surface area contributed by atoms with Crippen molar-refractivity contribution in [3.63, 3.8) is 0 Å². The van der Waals surface area contributed by atoms with Crippen molar-refractivity contribution >= 4 is 16.9 Å². The maximum atomic E-state index is 12.8. The SMILES string of the molecule is CC(C)[C@@H]1CN2C[C@H](NC(=O)c3ccc4nc(C(F)(F)F)[nH]c4c3)C[C@H]2CO1. The van der Waals surface area contributed by atoms with Crippen LogP contribution < -0.4 is 5.32 Å². The van der Waals surface area contributed by atoms with Crippen LogP contribution in [-0.2, 0) is 10.9 Å². The van der Waals surface area contributed by atoms with Gasteiger partial charge < -0.3 is 15.0 Å². The molecular formula is C19H23F3N4O2. The monoisotopic (exact) mass is 396 g/mol. The van der Waals surface area contributed by atoms with E-state index in [2.05, 4.69) is 34.0 Å². The molecule has 0 unspecified atom stereocenters. The van der Waals surface area contributed by atoms with Crippen LogP contribution in [0.5, 0.6) is 0 Å². The minimum absolute atomic E-state index is 0.00443. The van der Waals surface area contributed by atoms with Gasteiger partial charge in [-0.05, 0) is 30.5 Å². The molecule has 9 heteroatoms. The van der Waals surface area contributed by atoms with Gasteiger partial charge in [-0.1, -0.05) is 13.8 Å². The molecule has 2 aliphatic rings. The van der Waals surface area contributed by atoms with E-state index < -0.39 is 12.0 Å². The number of nitrogens with zero attached hydrogens (tertiary/aromatic N) is 2. The van der Waals surface area contributed by atoms with Gasteiger partial charge >= 0.3 is 6.18 Å². The molecule has 1 aromatic heterocycles. The van der Waals surface area contributed by atoms with Crippen LogP contribution in [0.3, 0.4) is 0 Å². The second-order valence-corrected chi connectivity index (χ2v) is 7.94. The number of rotatable bonds is 3. The number of imidazole rings is 1. The largest absolute Gasteiger partial charge is 0.449 e. The van der Waals surface area contributed by atoms with Crippen LogP contribution >= 0.6 is 0 Å². The Bertz CT molecular complexity index is 880. The Kier molecular flexibility index (Phi) is 4.83. The van der Waals surface area contributed by atoms with Gasteiger partial charge in [0.05, 0.1) is 23.7 Å². The van der Waals surface area contributed by atoms with Gasteiger partial charge in [0.25, 0.3) is 5.91 Å². The molecule has 2 saturated heterocycles. The van der Waals surface area contributed by atoms with Crippen LogP contribution in [0.2, 0.25) is 0 Å². The fraction of sp³-hybridized carbons (Fsp3) is 0.579. The number of ether oxygens (including phenoxy) is 1. The third kappa shape index (κ3) is 3.73. The molecule has 4 rings (SSSR count). The van der Waals surface area contributed by atoms with E-state index >= 15 is 0 Å². The van der Waals surface area contributed by atoms with Crippen LogP contribution in [0.15, 0.2) is 18.2 Å². The zero-order valence-electron chi connectivity index (χ0n) is 15.7. The van der Waals surface area contributed by atoms with Gasteiger partial charge in [-0.2, -0.15) is 13.2 Å². The first-order chi connectivity index (χ1) is 13.2. The van der Waals surface area contributed by atoms with Gasteiger partial charge in [0.1, 0.15) is 0 Å². The Labute approximate surface area is 160 Å². The number of benzene rings is 1. The fourth-order valence-corrected chi connectivity index (χ4v) is 3.96. The third-order valence-electron chi connectivity index (χ3n) is 5.54. The van der Waals surface area contributed by atoms with Crippen molar-refractivity contribution in [1.29, 1.82) is 0 Å². The number of carbonyl (C=O) groups excluding carboxylic acids is 1. The van der Waals surface area contributed by atoms with Crippen molar-refractivity contribution in [3.8, 4) is 0 Å². The van der Waals surface area contributed by atoms with Crippen LogP contribution in [0.1, 0.15) is 36.5 Å². The van der Waals surface area contributed by atoms with Crippen molar-refractivity contribution in [2.45, 2.75) is 44.6 Å². The van der Waals surface area contributed by atoms with Gasteiger partial charge in [-0.15, -0.1) is 0 Å². The predicted octanol–water partition coefficient (Wildman–Crippen LogP) is 2.81. The predicted molar refractivity (Wildman–Crippen MR) is 96.9 cm³/mol. The number of H-pyrrole nitrogens is 1. The number of hydrogen-bond acceptors (Lipinski definition) is 4. The summed E-state index contributed by atoms with van der Waals surface area (Å²) >= 11 is 0. The fourth-order valence-electron chi connectivity index (χ4n) is 3.96. The Morgan fingerprint density at radius 3 is 2.86 bits per heavy atom. The standard InChI is InChI=1S/C19H23F3N4O2/c1-10(2)16-8-26-7-12(6-13(26)9-28-16)23-17(27)11-3-4-14-15(5-11)25-18(24-14)19(20,21)22/h3-5,10,12-13,16H,6-9H2,1-2H3,(H,23,27)(H,24,25)/t12-,13+,16+/m1/s1.